The van der Waals surface area contributed by atoms with Gasteiger partial charge in [0.2, 0.25) is 0 Å². The van der Waals surface area contributed by atoms with Crippen LogP contribution in [0.15, 0.2) is 0 Å². The zero-order valence-corrected chi connectivity index (χ0v) is 6.40. The van der Waals surface area contributed by atoms with Crippen molar-refractivity contribution in [1.82, 2.24) is 4.90 Å². The average Bonchev–Trinajstić information content (AvgIpc) is 1.88. The highest BCUT2D eigenvalue weighted by Crippen LogP contribution is 2.03. The number of morpholine rings is 1. The van der Waals surface area contributed by atoms with Crippen molar-refractivity contribution >= 4 is 11.6 Å². The number of nitrogens with zero attached hydrogens (tertiary/aromatic N) is 1. The van der Waals surface area contributed by atoms with Crippen molar-refractivity contribution in [3.05, 3.63) is 0 Å². The van der Waals surface area contributed by atoms with E-state index in [0.717, 1.165) is 19.7 Å². The van der Waals surface area contributed by atoms with Crippen molar-refractivity contribution in [2.24, 2.45) is 0 Å². The third kappa shape index (κ3) is 2.12. The van der Waals surface area contributed by atoms with Crippen molar-refractivity contribution in [3.8, 4) is 0 Å². The predicted octanol–water partition coefficient (Wildman–Crippen LogP) is 0.556. The van der Waals surface area contributed by atoms with Crippen LogP contribution in [0.3, 0.4) is 0 Å². The van der Waals surface area contributed by atoms with Crippen molar-refractivity contribution in [2.45, 2.75) is 6.10 Å². The molecule has 0 unspecified atom stereocenters. The van der Waals surface area contributed by atoms with Crippen LogP contribution in [-0.4, -0.2) is 43.6 Å². The fourth-order valence-electron chi connectivity index (χ4n) is 0.960. The Morgan fingerprint density at radius 1 is 1.78 bits per heavy atom. The van der Waals surface area contributed by atoms with Crippen LogP contribution in [0, 0.1) is 0 Å². The molecule has 54 valence electrons. The van der Waals surface area contributed by atoms with Gasteiger partial charge in [0.05, 0.1) is 12.7 Å². The number of likely N-dealkylation sites (N-methyl/N-ethyl adjacent to an activating group) is 1. The summed E-state index contributed by atoms with van der Waals surface area (Å²) in [5.41, 5.74) is 0. The van der Waals surface area contributed by atoms with Gasteiger partial charge in [0, 0.05) is 19.0 Å². The van der Waals surface area contributed by atoms with E-state index in [2.05, 4.69) is 11.9 Å². The van der Waals surface area contributed by atoms with E-state index in [9.17, 15) is 0 Å². The number of hydrogen-bond donors (Lipinski definition) is 0. The Morgan fingerprint density at radius 2 is 2.56 bits per heavy atom. The van der Waals surface area contributed by atoms with Gasteiger partial charge in [0.25, 0.3) is 0 Å². The standard InChI is InChI=1S/C6H12ClNO/c1-8-2-3-9-6(4-7)5-8/h6H,2-5H2,1H3/t6-/m1/s1. The minimum atomic E-state index is 0.255. The Hall–Kier alpha value is 0.210. The summed E-state index contributed by atoms with van der Waals surface area (Å²) < 4.78 is 5.32. The van der Waals surface area contributed by atoms with Crippen LogP contribution in [0.25, 0.3) is 0 Å². The van der Waals surface area contributed by atoms with Gasteiger partial charge in [-0.3, -0.25) is 0 Å². The maximum atomic E-state index is 5.59. The monoisotopic (exact) mass is 149 g/mol. The quantitative estimate of drug-likeness (QED) is 0.505. The number of rotatable bonds is 1. The third-order valence-electron chi connectivity index (χ3n) is 1.51. The number of halogens is 1. The lowest BCUT2D eigenvalue weighted by molar-refractivity contribution is -0.00670. The van der Waals surface area contributed by atoms with Gasteiger partial charge < -0.3 is 9.64 Å². The second-order valence-corrected chi connectivity index (χ2v) is 2.72. The van der Waals surface area contributed by atoms with Gasteiger partial charge in [0.15, 0.2) is 0 Å². The summed E-state index contributed by atoms with van der Waals surface area (Å²) in [4.78, 5) is 2.23. The lowest BCUT2D eigenvalue weighted by Gasteiger charge is -2.28. The first-order valence-electron chi connectivity index (χ1n) is 3.19. The summed E-state index contributed by atoms with van der Waals surface area (Å²) in [6, 6.07) is 0. The smallest absolute Gasteiger partial charge is 0.0837 e. The summed E-state index contributed by atoms with van der Waals surface area (Å²) in [7, 11) is 2.09. The summed E-state index contributed by atoms with van der Waals surface area (Å²) in [6.07, 6.45) is 0.255. The average molecular weight is 150 g/mol. The zero-order valence-electron chi connectivity index (χ0n) is 5.64. The van der Waals surface area contributed by atoms with Gasteiger partial charge in [-0.15, -0.1) is 11.6 Å². The first-order valence-corrected chi connectivity index (χ1v) is 3.72. The summed E-state index contributed by atoms with van der Waals surface area (Å²) in [5.74, 6) is 0.615. The highest BCUT2D eigenvalue weighted by Gasteiger charge is 2.15. The molecular formula is C6H12ClNO. The predicted molar refractivity (Wildman–Crippen MR) is 38.0 cm³/mol. The Labute approximate surface area is 60.7 Å². The van der Waals surface area contributed by atoms with Crippen LogP contribution in [0.5, 0.6) is 0 Å². The largest absolute Gasteiger partial charge is 0.374 e. The van der Waals surface area contributed by atoms with Gasteiger partial charge in [-0.05, 0) is 7.05 Å². The molecule has 1 fully saturated rings. The Balaban J connectivity index is 2.23. The van der Waals surface area contributed by atoms with Crippen LogP contribution >= 0.6 is 11.6 Å². The maximum Gasteiger partial charge on any atom is 0.0837 e. The first-order chi connectivity index (χ1) is 4.33. The van der Waals surface area contributed by atoms with E-state index >= 15 is 0 Å². The minimum Gasteiger partial charge on any atom is -0.374 e. The molecule has 0 aromatic rings. The second-order valence-electron chi connectivity index (χ2n) is 2.41. The number of hydrogen-bond acceptors (Lipinski definition) is 2. The molecule has 3 heteroatoms. The fraction of sp³-hybridized carbons (Fsp3) is 1.00. The molecule has 0 bridgehead atoms. The van der Waals surface area contributed by atoms with Gasteiger partial charge in [0.1, 0.15) is 0 Å². The van der Waals surface area contributed by atoms with Gasteiger partial charge in [-0.25, -0.2) is 0 Å². The molecular weight excluding hydrogens is 138 g/mol. The summed E-state index contributed by atoms with van der Waals surface area (Å²) in [6.45, 7) is 2.84. The molecule has 0 spiro atoms. The molecule has 0 radical (unpaired) electrons. The SMILES string of the molecule is CN1CCO[C@H](CCl)C1. The molecule has 0 aromatic carbocycles. The van der Waals surface area contributed by atoms with E-state index < -0.39 is 0 Å². The number of ether oxygens (including phenoxy) is 1. The van der Waals surface area contributed by atoms with E-state index in [4.69, 9.17) is 16.3 Å². The van der Waals surface area contributed by atoms with Crippen molar-refractivity contribution in [1.29, 1.82) is 0 Å². The van der Waals surface area contributed by atoms with Gasteiger partial charge in [-0.2, -0.15) is 0 Å². The normalized spacial score (nSPS) is 30.7. The highest BCUT2D eigenvalue weighted by atomic mass is 35.5. The van der Waals surface area contributed by atoms with E-state index in [-0.39, 0.29) is 6.10 Å². The minimum absolute atomic E-state index is 0.255. The van der Waals surface area contributed by atoms with E-state index in [0.29, 0.717) is 5.88 Å². The molecule has 0 amide bonds. The molecule has 1 heterocycles. The molecule has 1 rings (SSSR count). The highest BCUT2D eigenvalue weighted by molar-refractivity contribution is 6.18. The lowest BCUT2D eigenvalue weighted by Crippen LogP contribution is -2.40. The van der Waals surface area contributed by atoms with Crippen LogP contribution in [0.2, 0.25) is 0 Å². The molecule has 1 saturated heterocycles. The van der Waals surface area contributed by atoms with Crippen molar-refractivity contribution < 1.29 is 4.74 Å². The molecule has 0 aromatic heterocycles. The van der Waals surface area contributed by atoms with Crippen molar-refractivity contribution in [2.75, 3.05) is 32.6 Å². The van der Waals surface area contributed by atoms with E-state index in [1.807, 2.05) is 0 Å². The van der Waals surface area contributed by atoms with Crippen LogP contribution in [0.1, 0.15) is 0 Å². The molecule has 9 heavy (non-hydrogen) atoms. The van der Waals surface area contributed by atoms with Crippen LogP contribution in [-0.2, 0) is 4.74 Å². The molecule has 0 aliphatic carbocycles. The Bertz CT molecular complexity index is 89.1. The van der Waals surface area contributed by atoms with E-state index in [1.54, 1.807) is 0 Å². The fourth-order valence-corrected chi connectivity index (χ4v) is 1.15. The van der Waals surface area contributed by atoms with E-state index in [1.165, 1.54) is 0 Å². The number of alkyl halides is 1. The Morgan fingerprint density at radius 3 is 3.00 bits per heavy atom. The van der Waals surface area contributed by atoms with Crippen molar-refractivity contribution in [3.63, 3.8) is 0 Å². The topological polar surface area (TPSA) is 12.5 Å². The van der Waals surface area contributed by atoms with Gasteiger partial charge in [-0.1, -0.05) is 0 Å². The molecule has 1 aliphatic rings. The molecule has 0 saturated carbocycles. The third-order valence-corrected chi connectivity index (χ3v) is 1.86. The Kier molecular flexibility index (Phi) is 2.76. The first kappa shape index (κ1) is 7.32. The summed E-state index contributed by atoms with van der Waals surface area (Å²) >= 11 is 5.59. The second kappa shape index (κ2) is 3.40. The van der Waals surface area contributed by atoms with Crippen LogP contribution in [0.4, 0.5) is 0 Å². The van der Waals surface area contributed by atoms with Crippen LogP contribution < -0.4 is 0 Å². The summed E-state index contributed by atoms with van der Waals surface area (Å²) in [5, 5.41) is 0. The molecule has 0 N–H and O–H groups in total. The molecule has 2 nitrogen and oxygen atoms in total. The molecule has 1 aliphatic heterocycles. The molecule has 1 atom stereocenters. The lowest BCUT2D eigenvalue weighted by atomic mass is 10.3. The van der Waals surface area contributed by atoms with Gasteiger partial charge >= 0.3 is 0 Å². The zero-order chi connectivity index (χ0) is 6.69. The maximum absolute atomic E-state index is 5.59.